The van der Waals surface area contributed by atoms with Gasteiger partial charge in [-0.25, -0.2) is 0 Å². The molecular weight excluding hydrogens is 326 g/mol. The Balaban J connectivity index is 2.04. The summed E-state index contributed by atoms with van der Waals surface area (Å²) in [5, 5.41) is 3.63. The summed E-state index contributed by atoms with van der Waals surface area (Å²) in [4.78, 5) is 0. The zero-order valence-corrected chi connectivity index (χ0v) is 14.4. The average Bonchev–Trinajstić information content (AvgIpc) is 2.50. The fourth-order valence-electron chi connectivity index (χ4n) is 2.36. The van der Waals surface area contributed by atoms with Crippen molar-refractivity contribution in [2.45, 2.75) is 32.9 Å². The quantitative estimate of drug-likeness (QED) is 0.793. The average molecular weight is 348 g/mol. The molecule has 0 aliphatic carbocycles. The van der Waals surface area contributed by atoms with Gasteiger partial charge in [0, 0.05) is 17.1 Å². The van der Waals surface area contributed by atoms with E-state index in [0.717, 1.165) is 18.7 Å². The molecule has 0 heterocycles. The fraction of sp³-hybridized carbons (Fsp3) is 0.333. The number of methoxy groups -OCH3 is 1. The second-order valence-electron chi connectivity index (χ2n) is 5.21. The predicted octanol–water partition coefficient (Wildman–Crippen LogP) is 5.01. The molecule has 2 aromatic carbocycles. The molecule has 0 aliphatic rings. The molecule has 0 saturated carbocycles. The smallest absolute Gasteiger partial charge is 0.118 e. The van der Waals surface area contributed by atoms with Crippen molar-refractivity contribution < 1.29 is 4.74 Å². The SMILES string of the molecule is CCC(NCc1ccc(C)cc1Br)c1ccc(OC)cc1. The first-order valence-corrected chi connectivity index (χ1v) is 8.05. The lowest BCUT2D eigenvalue weighted by Gasteiger charge is -2.18. The Labute approximate surface area is 135 Å². The first-order valence-electron chi connectivity index (χ1n) is 7.26. The van der Waals surface area contributed by atoms with Crippen molar-refractivity contribution >= 4 is 15.9 Å². The second-order valence-corrected chi connectivity index (χ2v) is 6.06. The van der Waals surface area contributed by atoms with Crippen LogP contribution < -0.4 is 10.1 Å². The summed E-state index contributed by atoms with van der Waals surface area (Å²) in [7, 11) is 1.69. The van der Waals surface area contributed by atoms with E-state index in [0.29, 0.717) is 6.04 Å². The zero-order valence-electron chi connectivity index (χ0n) is 12.8. The van der Waals surface area contributed by atoms with Crippen LogP contribution in [0.4, 0.5) is 0 Å². The molecule has 0 spiro atoms. The lowest BCUT2D eigenvalue weighted by atomic mass is 10.0. The Morgan fingerprint density at radius 1 is 1.14 bits per heavy atom. The summed E-state index contributed by atoms with van der Waals surface area (Å²) >= 11 is 3.64. The van der Waals surface area contributed by atoms with Gasteiger partial charge in [-0.2, -0.15) is 0 Å². The molecule has 0 amide bonds. The zero-order chi connectivity index (χ0) is 15.2. The van der Waals surface area contributed by atoms with Gasteiger partial charge >= 0.3 is 0 Å². The van der Waals surface area contributed by atoms with E-state index in [1.807, 2.05) is 12.1 Å². The van der Waals surface area contributed by atoms with Gasteiger partial charge in [-0.3, -0.25) is 0 Å². The number of aryl methyl sites for hydroxylation is 1. The Morgan fingerprint density at radius 3 is 2.43 bits per heavy atom. The normalized spacial score (nSPS) is 12.2. The van der Waals surface area contributed by atoms with Crippen LogP contribution in [-0.4, -0.2) is 7.11 Å². The van der Waals surface area contributed by atoms with Crippen molar-refractivity contribution in [1.82, 2.24) is 5.32 Å². The van der Waals surface area contributed by atoms with Gasteiger partial charge in [0.05, 0.1) is 7.11 Å². The minimum absolute atomic E-state index is 0.351. The van der Waals surface area contributed by atoms with Gasteiger partial charge < -0.3 is 10.1 Å². The minimum atomic E-state index is 0.351. The van der Waals surface area contributed by atoms with Crippen molar-refractivity contribution in [3.63, 3.8) is 0 Å². The predicted molar refractivity (Wildman–Crippen MR) is 91.7 cm³/mol. The third kappa shape index (κ3) is 4.32. The van der Waals surface area contributed by atoms with E-state index in [2.05, 4.69) is 65.4 Å². The van der Waals surface area contributed by atoms with E-state index < -0.39 is 0 Å². The van der Waals surface area contributed by atoms with E-state index >= 15 is 0 Å². The molecule has 0 radical (unpaired) electrons. The van der Waals surface area contributed by atoms with Crippen LogP contribution in [0.3, 0.4) is 0 Å². The molecule has 0 saturated heterocycles. The molecule has 2 nitrogen and oxygen atoms in total. The number of rotatable bonds is 6. The molecule has 0 fully saturated rings. The molecule has 2 aromatic rings. The molecule has 1 atom stereocenters. The number of halogens is 1. The summed E-state index contributed by atoms with van der Waals surface area (Å²) in [6, 6.07) is 15.1. The van der Waals surface area contributed by atoms with Crippen LogP contribution >= 0.6 is 15.9 Å². The van der Waals surface area contributed by atoms with Gasteiger partial charge in [0.25, 0.3) is 0 Å². The number of hydrogen-bond acceptors (Lipinski definition) is 2. The molecule has 112 valence electrons. The fourth-order valence-corrected chi connectivity index (χ4v) is 3.00. The maximum Gasteiger partial charge on any atom is 0.118 e. The van der Waals surface area contributed by atoms with E-state index in [-0.39, 0.29) is 0 Å². The molecule has 3 heteroatoms. The summed E-state index contributed by atoms with van der Waals surface area (Å²) in [6.07, 6.45) is 1.05. The highest BCUT2D eigenvalue weighted by Gasteiger charge is 2.10. The van der Waals surface area contributed by atoms with Gasteiger partial charge in [-0.15, -0.1) is 0 Å². The summed E-state index contributed by atoms with van der Waals surface area (Å²) in [5.74, 6) is 0.898. The topological polar surface area (TPSA) is 21.3 Å². The third-order valence-electron chi connectivity index (χ3n) is 3.67. The van der Waals surface area contributed by atoms with Crippen LogP contribution in [0.1, 0.15) is 36.1 Å². The number of hydrogen-bond donors (Lipinski definition) is 1. The number of benzene rings is 2. The van der Waals surface area contributed by atoms with Crippen molar-refractivity contribution in [1.29, 1.82) is 0 Å². The Morgan fingerprint density at radius 2 is 1.86 bits per heavy atom. The monoisotopic (exact) mass is 347 g/mol. The molecule has 0 bridgehead atoms. The van der Waals surface area contributed by atoms with Crippen LogP contribution in [0, 0.1) is 6.92 Å². The van der Waals surface area contributed by atoms with E-state index in [4.69, 9.17) is 4.74 Å². The lowest BCUT2D eigenvalue weighted by molar-refractivity contribution is 0.414. The minimum Gasteiger partial charge on any atom is -0.497 e. The van der Waals surface area contributed by atoms with E-state index in [1.54, 1.807) is 7.11 Å². The maximum absolute atomic E-state index is 5.21. The van der Waals surface area contributed by atoms with Gasteiger partial charge in [-0.05, 0) is 48.2 Å². The molecule has 0 aliphatic heterocycles. The number of ether oxygens (including phenoxy) is 1. The van der Waals surface area contributed by atoms with Gasteiger partial charge in [0.2, 0.25) is 0 Å². The second kappa shape index (κ2) is 7.62. The summed E-state index contributed by atoms with van der Waals surface area (Å²) in [5.41, 5.74) is 3.85. The third-order valence-corrected chi connectivity index (χ3v) is 4.41. The van der Waals surface area contributed by atoms with Gasteiger partial charge in [0.1, 0.15) is 5.75 Å². The van der Waals surface area contributed by atoms with Crippen LogP contribution in [0.5, 0.6) is 5.75 Å². The van der Waals surface area contributed by atoms with Crippen molar-refractivity contribution in [3.05, 3.63) is 63.6 Å². The molecule has 1 unspecified atom stereocenters. The highest BCUT2D eigenvalue weighted by molar-refractivity contribution is 9.10. The largest absolute Gasteiger partial charge is 0.497 e. The van der Waals surface area contributed by atoms with Crippen molar-refractivity contribution in [2.24, 2.45) is 0 Å². The van der Waals surface area contributed by atoms with Crippen molar-refractivity contribution in [3.8, 4) is 5.75 Å². The van der Waals surface area contributed by atoms with Gasteiger partial charge in [0.15, 0.2) is 0 Å². The first kappa shape index (κ1) is 16.1. The van der Waals surface area contributed by atoms with Crippen molar-refractivity contribution in [2.75, 3.05) is 7.11 Å². The Kier molecular flexibility index (Phi) is 5.83. The summed E-state index contributed by atoms with van der Waals surface area (Å²) < 4.78 is 6.38. The van der Waals surface area contributed by atoms with Crippen LogP contribution in [0.25, 0.3) is 0 Å². The van der Waals surface area contributed by atoms with Crippen LogP contribution in [0.15, 0.2) is 46.9 Å². The standard InChI is InChI=1S/C18H22BrNO/c1-4-18(14-7-9-16(21-3)10-8-14)20-12-15-6-5-13(2)11-17(15)19/h5-11,18,20H,4,12H2,1-3H3. The lowest BCUT2D eigenvalue weighted by Crippen LogP contribution is -2.20. The molecule has 0 aromatic heterocycles. The van der Waals surface area contributed by atoms with Crippen LogP contribution in [-0.2, 0) is 6.54 Å². The highest BCUT2D eigenvalue weighted by atomic mass is 79.9. The Bertz CT molecular complexity index is 580. The van der Waals surface area contributed by atoms with Gasteiger partial charge in [-0.1, -0.05) is 47.1 Å². The molecule has 21 heavy (non-hydrogen) atoms. The first-order chi connectivity index (χ1) is 10.1. The number of nitrogens with one attached hydrogen (secondary N) is 1. The molecular formula is C18H22BrNO. The van der Waals surface area contributed by atoms with E-state index in [1.165, 1.54) is 21.2 Å². The molecule has 2 rings (SSSR count). The Hall–Kier alpha value is -1.32. The molecule has 1 N–H and O–H groups in total. The maximum atomic E-state index is 5.21. The summed E-state index contributed by atoms with van der Waals surface area (Å²) in [6.45, 7) is 5.16. The van der Waals surface area contributed by atoms with Crippen LogP contribution in [0.2, 0.25) is 0 Å². The van der Waals surface area contributed by atoms with E-state index in [9.17, 15) is 0 Å². The highest BCUT2D eigenvalue weighted by Crippen LogP contribution is 2.23.